The third-order valence-corrected chi connectivity index (χ3v) is 3.15. The highest BCUT2D eigenvalue weighted by atomic mass is 15.3. The van der Waals surface area contributed by atoms with Gasteiger partial charge in [0.05, 0.1) is 0 Å². The Morgan fingerprint density at radius 1 is 1.75 bits per heavy atom. The van der Waals surface area contributed by atoms with Gasteiger partial charge in [0.1, 0.15) is 0 Å². The monoisotopic (exact) mass is 220 g/mol. The summed E-state index contributed by atoms with van der Waals surface area (Å²) < 4.78 is 2.13. The van der Waals surface area contributed by atoms with Gasteiger partial charge < -0.3 is 14.8 Å². The number of nitrogens with zero attached hydrogens (tertiary/aromatic N) is 3. The minimum atomic E-state index is 0.555. The van der Waals surface area contributed by atoms with Crippen LogP contribution in [0.2, 0.25) is 0 Å². The molecule has 0 aromatic carbocycles. The Morgan fingerprint density at radius 2 is 2.62 bits per heavy atom. The highest BCUT2D eigenvalue weighted by Gasteiger charge is 2.20. The predicted molar refractivity (Wildman–Crippen MR) is 66.7 cm³/mol. The molecule has 1 N–H and O–H groups in total. The molecule has 1 aromatic rings. The van der Waals surface area contributed by atoms with Crippen LogP contribution in [0.25, 0.3) is 0 Å². The molecule has 0 saturated carbocycles. The van der Waals surface area contributed by atoms with E-state index in [1.807, 2.05) is 18.5 Å². The molecule has 16 heavy (non-hydrogen) atoms. The Labute approximate surface area is 97.0 Å². The van der Waals surface area contributed by atoms with Gasteiger partial charge in [-0.2, -0.15) is 0 Å². The minimum absolute atomic E-state index is 0.555. The molecule has 0 aliphatic carbocycles. The zero-order valence-corrected chi connectivity index (χ0v) is 9.89. The second-order valence-corrected chi connectivity index (χ2v) is 4.28. The van der Waals surface area contributed by atoms with Crippen LogP contribution in [0, 0.1) is 0 Å². The Hall–Kier alpha value is -1.29. The standard InChI is InChI=1S/C12H20N4/c1-3-8-16-9-7-14-12(16)15(2)11-5-4-6-13-10-11/h3,7,9,11,13H,1,4-6,8,10H2,2H3. The molecule has 1 saturated heterocycles. The Balaban J connectivity index is 2.09. The van der Waals surface area contributed by atoms with Gasteiger partial charge in [-0.1, -0.05) is 6.08 Å². The van der Waals surface area contributed by atoms with E-state index in [1.54, 1.807) is 0 Å². The molecular formula is C12H20N4. The van der Waals surface area contributed by atoms with Gasteiger partial charge in [-0.3, -0.25) is 0 Å². The lowest BCUT2D eigenvalue weighted by Crippen LogP contribution is -2.45. The first-order valence-corrected chi connectivity index (χ1v) is 5.88. The fourth-order valence-electron chi connectivity index (χ4n) is 2.22. The molecule has 1 fully saturated rings. The number of hydrogen-bond acceptors (Lipinski definition) is 3. The van der Waals surface area contributed by atoms with Crippen LogP contribution in [-0.2, 0) is 6.54 Å². The maximum absolute atomic E-state index is 4.42. The van der Waals surface area contributed by atoms with Crippen LogP contribution in [0.1, 0.15) is 12.8 Å². The van der Waals surface area contributed by atoms with E-state index < -0.39 is 0 Å². The van der Waals surface area contributed by atoms with Gasteiger partial charge in [0.15, 0.2) is 0 Å². The molecule has 0 spiro atoms. The molecule has 2 heterocycles. The molecule has 1 aliphatic heterocycles. The number of anilines is 1. The van der Waals surface area contributed by atoms with Crippen molar-refractivity contribution in [3.63, 3.8) is 0 Å². The Bertz CT molecular complexity index is 339. The van der Waals surface area contributed by atoms with E-state index >= 15 is 0 Å². The summed E-state index contributed by atoms with van der Waals surface area (Å²) in [6.07, 6.45) is 8.25. The van der Waals surface area contributed by atoms with Gasteiger partial charge in [-0.25, -0.2) is 4.98 Å². The summed E-state index contributed by atoms with van der Waals surface area (Å²) in [5.74, 6) is 1.04. The van der Waals surface area contributed by atoms with Crippen LogP contribution in [0.4, 0.5) is 5.95 Å². The summed E-state index contributed by atoms with van der Waals surface area (Å²) in [6, 6.07) is 0.555. The van der Waals surface area contributed by atoms with Crippen molar-refractivity contribution >= 4 is 5.95 Å². The molecule has 1 unspecified atom stereocenters. The van der Waals surface area contributed by atoms with Crippen molar-refractivity contribution in [2.75, 3.05) is 25.0 Å². The van der Waals surface area contributed by atoms with Crippen molar-refractivity contribution in [2.24, 2.45) is 0 Å². The number of imidazole rings is 1. The average molecular weight is 220 g/mol. The first kappa shape index (κ1) is 11.2. The third kappa shape index (κ3) is 2.27. The summed E-state index contributed by atoms with van der Waals surface area (Å²) in [5, 5.41) is 3.43. The normalized spacial score (nSPS) is 20.7. The average Bonchev–Trinajstić information content (AvgIpc) is 2.78. The summed E-state index contributed by atoms with van der Waals surface area (Å²) in [7, 11) is 2.12. The molecule has 0 bridgehead atoms. The van der Waals surface area contributed by atoms with Crippen LogP contribution in [-0.4, -0.2) is 35.7 Å². The zero-order chi connectivity index (χ0) is 11.4. The Morgan fingerprint density at radius 3 is 3.31 bits per heavy atom. The summed E-state index contributed by atoms with van der Waals surface area (Å²) in [5.41, 5.74) is 0. The van der Waals surface area contributed by atoms with Crippen LogP contribution < -0.4 is 10.2 Å². The van der Waals surface area contributed by atoms with E-state index in [2.05, 4.69) is 33.4 Å². The molecule has 1 aliphatic rings. The van der Waals surface area contributed by atoms with Crippen LogP contribution in [0.3, 0.4) is 0 Å². The second kappa shape index (κ2) is 5.16. The van der Waals surface area contributed by atoms with Gasteiger partial charge in [0, 0.05) is 38.6 Å². The molecule has 0 amide bonds. The number of nitrogens with one attached hydrogen (secondary N) is 1. The number of rotatable bonds is 4. The van der Waals surface area contributed by atoms with Crippen molar-refractivity contribution in [3.8, 4) is 0 Å². The molecule has 0 radical (unpaired) electrons. The number of aromatic nitrogens is 2. The number of likely N-dealkylation sites (N-methyl/N-ethyl adjacent to an activating group) is 1. The van der Waals surface area contributed by atoms with Crippen LogP contribution >= 0.6 is 0 Å². The number of allylic oxidation sites excluding steroid dienone is 1. The van der Waals surface area contributed by atoms with Crippen molar-refractivity contribution in [1.29, 1.82) is 0 Å². The minimum Gasteiger partial charge on any atom is -0.341 e. The first-order chi connectivity index (χ1) is 7.83. The van der Waals surface area contributed by atoms with Crippen molar-refractivity contribution in [1.82, 2.24) is 14.9 Å². The largest absolute Gasteiger partial charge is 0.341 e. The van der Waals surface area contributed by atoms with Gasteiger partial charge in [0.2, 0.25) is 5.95 Å². The lowest BCUT2D eigenvalue weighted by molar-refractivity contribution is 0.439. The van der Waals surface area contributed by atoms with Gasteiger partial charge in [0.25, 0.3) is 0 Å². The molecule has 88 valence electrons. The van der Waals surface area contributed by atoms with Crippen molar-refractivity contribution < 1.29 is 0 Å². The molecule has 4 heteroatoms. The second-order valence-electron chi connectivity index (χ2n) is 4.28. The summed E-state index contributed by atoms with van der Waals surface area (Å²) in [4.78, 5) is 6.70. The highest BCUT2D eigenvalue weighted by molar-refractivity contribution is 5.32. The smallest absolute Gasteiger partial charge is 0.205 e. The first-order valence-electron chi connectivity index (χ1n) is 5.88. The highest BCUT2D eigenvalue weighted by Crippen LogP contribution is 2.17. The predicted octanol–water partition coefficient (Wildman–Crippen LogP) is 1.26. The number of piperidine rings is 1. The third-order valence-electron chi connectivity index (χ3n) is 3.15. The maximum Gasteiger partial charge on any atom is 0.205 e. The van der Waals surface area contributed by atoms with E-state index in [0.29, 0.717) is 6.04 Å². The van der Waals surface area contributed by atoms with Crippen LogP contribution in [0.15, 0.2) is 25.0 Å². The van der Waals surface area contributed by atoms with E-state index in [9.17, 15) is 0 Å². The Kier molecular flexibility index (Phi) is 3.62. The molecule has 1 aromatic heterocycles. The molecule has 2 rings (SSSR count). The van der Waals surface area contributed by atoms with Crippen LogP contribution in [0.5, 0.6) is 0 Å². The molecular weight excluding hydrogens is 200 g/mol. The van der Waals surface area contributed by atoms with E-state index in [4.69, 9.17) is 0 Å². The van der Waals surface area contributed by atoms with Gasteiger partial charge in [-0.15, -0.1) is 6.58 Å². The lowest BCUT2D eigenvalue weighted by atomic mass is 10.1. The van der Waals surface area contributed by atoms with E-state index in [-0.39, 0.29) is 0 Å². The lowest BCUT2D eigenvalue weighted by Gasteiger charge is -2.32. The zero-order valence-electron chi connectivity index (χ0n) is 9.89. The molecule has 1 atom stereocenters. The van der Waals surface area contributed by atoms with E-state index in [0.717, 1.165) is 25.6 Å². The number of hydrogen-bond donors (Lipinski definition) is 1. The van der Waals surface area contributed by atoms with E-state index in [1.165, 1.54) is 12.8 Å². The topological polar surface area (TPSA) is 33.1 Å². The van der Waals surface area contributed by atoms with Crippen molar-refractivity contribution in [2.45, 2.75) is 25.4 Å². The fourth-order valence-corrected chi connectivity index (χ4v) is 2.22. The van der Waals surface area contributed by atoms with Gasteiger partial charge >= 0.3 is 0 Å². The summed E-state index contributed by atoms with van der Waals surface area (Å²) in [6.45, 7) is 6.79. The van der Waals surface area contributed by atoms with Crippen molar-refractivity contribution in [3.05, 3.63) is 25.0 Å². The SMILES string of the molecule is C=CCn1ccnc1N(C)C1CCCNC1. The fraction of sp³-hybridized carbons (Fsp3) is 0.583. The summed E-state index contributed by atoms with van der Waals surface area (Å²) >= 11 is 0. The van der Waals surface area contributed by atoms with Gasteiger partial charge in [-0.05, 0) is 19.4 Å². The molecule has 4 nitrogen and oxygen atoms in total. The maximum atomic E-state index is 4.42. The quantitative estimate of drug-likeness (QED) is 0.775.